The van der Waals surface area contributed by atoms with E-state index in [4.69, 9.17) is 10.5 Å². The van der Waals surface area contributed by atoms with Gasteiger partial charge in [-0.25, -0.2) is 14.2 Å². The zero-order chi connectivity index (χ0) is 15.6. The third-order valence-electron chi connectivity index (χ3n) is 2.93. The number of aromatic nitrogens is 2. The number of halogens is 2. The molecule has 2 aromatic rings. The van der Waals surface area contributed by atoms with Crippen molar-refractivity contribution >= 4 is 27.7 Å². The molecule has 0 saturated carbocycles. The van der Waals surface area contributed by atoms with Crippen molar-refractivity contribution in [1.29, 1.82) is 0 Å². The first-order valence-electron chi connectivity index (χ1n) is 6.49. The Morgan fingerprint density at radius 2 is 2.19 bits per heavy atom. The van der Waals surface area contributed by atoms with E-state index in [2.05, 4.69) is 20.9 Å². The molecule has 0 unspecified atom stereocenters. The van der Waals surface area contributed by atoms with Crippen LogP contribution in [0.4, 0.5) is 10.2 Å². The molecule has 21 heavy (non-hydrogen) atoms. The summed E-state index contributed by atoms with van der Waals surface area (Å²) < 4.78 is 21.0. The van der Waals surface area contributed by atoms with Crippen LogP contribution in [0.5, 0.6) is 0 Å². The number of nitrogens with zero attached hydrogens (tertiary/aromatic N) is 2. The lowest BCUT2D eigenvalue weighted by molar-refractivity contribution is 0.0521. The SMILES string of the molecule is CCOC(=O)c1nc(CC)n(-c2c(F)cccc2Br)c1N. The summed E-state index contributed by atoms with van der Waals surface area (Å²) in [5, 5.41) is 0. The number of benzene rings is 1. The summed E-state index contributed by atoms with van der Waals surface area (Å²) in [5.41, 5.74) is 6.23. The quantitative estimate of drug-likeness (QED) is 0.855. The van der Waals surface area contributed by atoms with Gasteiger partial charge in [0.2, 0.25) is 0 Å². The van der Waals surface area contributed by atoms with Crippen molar-refractivity contribution in [2.75, 3.05) is 12.3 Å². The molecule has 0 spiro atoms. The predicted molar refractivity (Wildman–Crippen MR) is 81.0 cm³/mol. The molecule has 0 aliphatic rings. The summed E-state index contributed by atoms with van der Waals surface area (Å²) in [4.78, 5) is 16.0. The molecule has 5 nitrogen and oxygen atoms in total. The van der Waals surface area contributed by atoms with Gasteiger partial charge in [0.15, 0.2) is 5.69 Å². The second kappa shape index (κ2) is 6.26. The Morgan fingerprint density at radius 1 is 1.48 bits per heavy atom. The van der Waals surface area contributed by atoms with Gasteiger partial charge in [-0.2, -0.15) is 0 Å². The first kappa shape index (κ1) is 15.5. The third-order valence-corrected chi connectivity index (χ3v) is 3.57. The minimum absolute atomic E-state index is 0.00357. The molecular formula is C14H15BrFN3O2. The molecule has 0 aliphatic carbocycles. The number of hydrogen-bond acceptors (Lipinski definition) is 4. The van der Waals surface area contributed by atoms with Gasteiger partial charge in [-0.3, -0.25) is 4.57 Å². The molecule has 2 N–H and O–H groups in total. The van der Waals surface area contributed by atoms with Crippen LogP contribution in [0.3, 0.4) is 0 Å². The van der Waals surface area contributed by atoms with E-state index in [-0.39, 0.29) is 23.8 Å². The van der Waals surface area contributed by atoms with E-state index in [1.54, 1.807) is 19.1 Å². The zero-order valence-corrected chi connectivity index (χ0v) is 13.3. The summed E-state index contributed by atoms with van der Waals surface area (Å²) in [7, 11) is 0. The molecule has 0 aliphatic heterocycles. The van der Waals surface area contributed by atoms with Crippen LogP contribution < -0.4 is 5.73 Å². The molecule has 7 heteroatoms. The van der Waals surface area contributed by atoms with Crippen molar-refractivity contribution in [2.24, 2.45) is 0 Å². The highest BCUT2D eigenvalue weighted by Crippen LogP contribution is 2.29. The number of imidazole rings is 1. The standard InChI is InChI=1S/C14H15BrFN3O2/c1-3-10-18-11(14(20)21-4-2)13(17)19(10)12-8(15)6-5-7-9(12)16/h5-7H,3-4,17H2,1-2H3. The molecule has 1 heterocycles. The molecule has 1 aromatic carbocycles. The lowest BCUT2D eigenvalue weighted by Crippen LogP contribution is -2.10. The Bertz CT molecular complexity index is 665. The minimum atomic E-state index is -0.615. The van der Waals surface area contributed by atoms with Crippen molar-refractivity contribution in [2.45, 2.75) is 20.3 Å². The molecule has 0 atom stereocenters. The van der Waals surface area contributed by atoms with Crippen LogP contribution in [-0.4, -0.2) is 22.1 Å². The van der Waals surface area contributed by atoms with Gasteiger partial charge in [0.25, 0.3) is 0 Å². The van der Waals surface area contributed by atoms with E-state index in [1.807, 2.05) is 6.92 Å². The molecule has 2 rings (SSSR count). The van der Waals surface area contributed by atoms with Gasteiger partial charge in [0.05, 0.1) is 12.3 Å². The maximum Gasteiger partial charge on any atom is 0.360 e. The maximum absolute atomic E-state index is 14.1. The number of aryl methyl sites for hydroxylation is 1. The number of carbonyl (C=O) groups is 1. The van der Waals surface area contributed by atoms with Crippen molar-refractivity contribution < 1.29 is 13.9 Å². The van der Waals surface area contributed by atoms with E-state index in [0.717, 1.165) is 0 Å². The van der Waals surface area contributed by atoms with Gasteiger partial charge in [-0.1, -0.05) is 13.0 Å². The van der Waals surface area contributed by atoms with Crippen LogP contribution in [0.25, 0.3) is 5.69 Å². The zero-order valence-electron chi connectivity index (χ0n) is 11.7. The number of para-hydroxylation sites is 1. The molecule has 112 valence electrons. The Kier molecular flexibility index (Phi) is 4.62. The highest BCUT2D eigenvalue weighted by atomic mass is 79.9. The lowest BCUT2D eigenvalue weighted by Gasteiger charge is -2.12. The van der Waals surface area contributed by atoms with Crippen LogP contribution in [0, 0.1) is 5.82 Å². The number of ether oxygens (including phenoxy) is 1. The third kappa shape index (κ3) is 2.78. The second-order valence-corrected chi connectivity index (χ2v) is 5.10. The number of anilines is 1. The van der Waals surface area contributed by atoms with Crippen molar-refractivity contribution in [3.05, 3.63) is 40.0 Å². The van der Waals surface area contributed by atoms with Crippen LogP contribution in [0.2, 0.25) is 0 Å². The summed E-state index contributed by atoms with van der Waals surface area (Å²) >= 11 is 3.30. The van der Waals surface area contributed by atoms with Crippen LogP contribution in [0.1, 0.15) is 30.2 Å². The topological polar surface area (TPSA) is 70.1 Å². The van der Waals surface area contributed by atoms with Gasteiger partial charge < -0.3 is 10.5 Å². The summed E-state index contributed by atoms with van der Waals surface area (Å²) in [6.07, 6.45) is 0.490. The van der Waals surface area contributed by atoms with E-state index in [0.29, 0.717) is 16.7 Å². The van der Waals surface area contributed by atoms with Crippen molar-refractivity contribution in [3.8, 4) is 5.69 Å². The van der Waals surface area contributed by atoms with Gasteiger partial charge in [-0.15, -0.1) is 0 Å². The van der Waals surface area contributed by atoms with Crippen LogP contribution >= 0.6 is 15.9 Å². The number of carbonyl (C=O) groups excluding carboxylic acids is 1. The lowest BCUT2D eigenvalue weighted by atomic mass is 10.3. The van der Waals surface area contributed by atoms with E-state index >= 15 is 0 Å². The number of nitrogen functional groups attached to an aromatic ring is 1. The molecule has 0 amide bonds. The Balaban J connectivity index is 2.66. The van der Waals surface area contributed by atoms with Crippen LogP contribution in [-0.2, 0) is 11.2 Å². The van der Waals surface area contributed by atoms with Crippen molar-refractivity contribution in [1.82, 2.24) is 9.55 Å². The van der Waals surface area contributed by atoms with E-state index in [1.165, 1.54) is 10.6 Å². The Labute approximate surface area is 130 Å². The summed E-state index contributed by atoms with van der Waals surface area (Å²) in [5.74, 6) is -0.521. The highest BCUT2D eigenvalue weighted by Gasteiger charge is 2.24. The first-order chi connectivity index (χ1) is 10.0. The first-order valence-corrected chi connectivity index (χ1v) is 7.29. The summed E-state index contributed by atoms with van der Waals surface area (Å²) in [6, 6.07) is 4.60. The van der Waals surface area contributed by atoms with Crippen molar-refractivity contribution in [3.63, 3.8) is 0 Å². The molecule has 1 aromatic heterocycles. The largest absolute Gasteiger partial charge is 0.461 e. The fourth-order valence-electron chi connectivity index (χ4n) is 2.02. The van der Waals surface area contributed by atoms with E-state index in [9.17, 15) is 9.18 Å². The van der Waals surface area contributed by atoms with Gasteiger partial charge in [0, 0.05) is 10.9 Å². The second-order valence-electron chi connectivity index (χ2n) is 4.24. The molecule has 0 bridgehead atoms. The average molecular weight is 356 g/mol. The Morgan fingerprint density at radius 3 is 2.76 bits per heavy atom. The average Bonchev–Trinajstić information content (AvgIpc) is 2.76. The van der Waals surface area contributed by atoms with Gasteiger partial charge in [0.1, 0.15) is 17.5 Å². The van der Waals surface area contributed by atoms with E-state index < -0.39 is 11.8 Å². The molecule has 0 radical (unpaired) electrons. The fraction of sp³-hybridized carbons (Fsp3) is 0.286. The number of hydrogen-bond donors (Lipinski definition) is 1. The smallest absolute Gasteiger partial charge is 0.360 e. The maximum atomic E-state index is 14.1. The predicted octanol–water partition coefficient (Wildman–Crippen LogP) is 3.10. The number of rotatable bonds is 4. The van der Waals surface area contributed by atoms with Gasteiger partial charge >= 0.3 is 5.97 Å². The number of esters is 1. The molecular weight excluding hydrogens is 341 g/mol. The minimum Gasteiger partial charge on any atom is -0.461 e. The fourth-order valence-corrected chi connectivity index (χ4v) is 2.54. The monoisotopic (exact) mass is 355 g/mol. The highest BCUT2D eigenvalue weighted by molar-refractivity contribution is 9.10. The summed E-state index contributed by atoms with van der Waals surface area (Å²) in [6.45, 7) is 3.76. The van der Waals surface area contributed by atoms with Gasteiger partial charge in [-0.05, 0) is 35.0 Å². The number of nitrogens with two attached hydrogens (primary N) is 1. The van der Waals surface area contributed by atoms with Crippen LogP contribution in [0.15, 0.2) is 22.7 Å². The Hall–Kier alpha value is -1.89. The normalized spacial score (nSPS) is 10.7. The molecule has 0 saturated heterocycles. The molecule has 0 fully saturated rings.